The summed E-state index contributed by atoms with van der Waals surface area (Å²) in [6.45, 7) is 6.49. The van der Waals surface area contributed by atoms with Crippen molar-refractivity contribution in [3.05, 3.63) is 35.7 Å². The molecule has 136 valence electrons. The molecular formula is C17H18N4O5. The van der Waals surface area contributed by atoms with Crippen molar-refractivity contribution in [1.29, 1.82) is 0 Å². The van der Waals surface area contributed by atoms with Crippen molar-refractivity contribution >= 4 is 11.9 Å². The highest BCUT2D eigenvalue weighted by molar-refractivity contribution is 6.01. The molecule has 0 aliphatic rings. The van der Waals surface area contributed by atoms with Gasteiger partial charge in [0.1, 0.15) is 5.76 Å². The van der Waals surface area contributed by atoms with Crippen LogP contribution >= 0.6 is 0 Å². The van der Waals surface area contributed by atoms with Crippen LogP contribution in [-0.4, -0.2) is 34.5 Å². The van der Waals surface area contributed by atoms with Gasteiger partial charge in [-0.25, -0.2) is 0 Å². The number of nitrogens with one attached hydrogen (secondary N) is 1. The molecule has 9 nitrogen and oxygen atoms in total. The van der Waals surface area contributed by atoms with Crippen LogP contribution in [-0.2, 0) is 0 Å². The summed E-state index contributed by atoms with van der Waals surface area (Å²) in [7, 11) is 0. The van der Waals surface area contributed by atoms with Crippen LogP contribution in [0.1, 0.15) is 30.1 Å². The minimum Gasteiger partial charge on any atom is -0.490 e. The smallest absolute Gasteiger partial charge is 0.322 e. The summed E-state index contributed by atoms with van der Waals surface area (Å²) in [6, 6.07) is 6.75. The molecule has 9 heteroatoms. The predicted molar refractivity (Wildman–Crippen MR) is 91.3 cm³/mol. The fourth-order valence-corrected chi connectivity index (χ4v) is 2.21. The molecule has 0 saturated carbocycles. The third-order valence-corrected chi connectivity index (χ3v) is 3.30. The molecule has 3 aromatic rings. The molecular weight excluding hydrogens is 340 g/mol. The number of hydrogen-bond acceptors (Lipinski definition) is 8. The third kappa shape index (κ3) is 3.82. The first-order chi connectivity index (χ1) is 12.6. The van der Waals surface area contributed by atoms with Crippen molar-refractivity contribution in [2.45, 2.75) is 20.8 Å². The number of ether oxygens (including phenoxy) is 2. The van der Waals surface area contributed by atoms with E-state index in [1.54, 1.807) is 25.1 Å². The maximum atomic E-state index is 12.0. The first-order valence-corrected chi connectivity index (χ1v) is 8.09. The van der Waals surface area contributed by atoms with E-state index >= 15 is 0 Å². The standard InChI is InChI=1S/C17H18N4O5/c1-4-23-13-7-6-11(9-14(13)24-5-2)16-19-20-17(25-16)18-15(22)12-8-10(3)26-21-12/h6-9H,4-5H2,1-3H3,(H,18,20,22). The largest absolute Gasteiger partial charge is 0.490 e. The van der Waals surface area contributed by atoms with Crippen LogP contribution in [0.3, 0.4) is 0 Å². The molecule has 0 unspecified atom stereocenters. The molecule has 0 aliphatic carbocycles. The molecule has 3 rings (SSSR count). The van der Waals surface area contributed by atoms with Gasteiger partial charge < -0.3 is 18.4 Å². The van der Waals surface area contributed by atoms with Gasteiger partial charge >= 0.3 is 6.01 Å². The first kappa shape index (κ1) is 17.5. The number of aromatic nitrogens is 3. The molecule has 1 N–H and O–H groups in total. The Morgan fingerprint density at radius 2 is 1.88 bits per heavy atom. The summed E-state index contributed by atoms with van der Waals surface area (Å²) in [5.41, 5.74) is 0.768. The lowest BCUT2D eigenvalue weighted by Gasteiger charge is -2.11. The van der Waals surface area contributed by atoms with Crippen molar-refractivity contribution in [2.75, 3.05) is 18.5 Å². The van der Waals surface area contributed by atoms with E-state index in [0.29, 0.717) is 36.0 Å². The highest BCUT2D eigenvalue weighted by atomic mass is 16.5. The van der Waals surface area contributed by atoms with Crippen molar-refractivity contribution in [1.82, 2.24) is 15.4 Å². The molecule has 1 amide bonds. The van der Waals surface area contributed by atoms with E-state index in [2.05, 4.69) is 20.7 Å². The van der Waals surface area contributed by atoms with Crippen LogP contribution in [0.15, 0.2) is 33.2 Å². The van der Waals surface area contributed by atoms with Gasteiger partial charge in [0, 0.05) is 11.6 Å². The Labute approximate surface area is 149 Å². The summed E-state index contributed by atoms with van der Waals surface area (Å²) in [4.78, 5) is 12.0. The molecule has 2 aromatic heterocycles. The minimum atomic E-state index is -0.501. The minimum absolute atomic E-state index is 0.0440. The van der Waals surface area contributed by atoms with Gasteiger partial charge in [-0.1, -0.05) is 10.3 Å². The number of aryl methyl sites for hydroxylation is 1. The lowest BCUT2D eigenvalue weighted by atomic mass is 10.2. The molecule has 26 heavy (non-hydrogen) atoms. The lowest BCUT2D eigenvalue weighted by molar-refractivity contribution is 0.101. The molecule has 0 radical (unpaired) electrons. The van der Waals surface area contributed by atoms with E-state index in [1.165, 1.54) is 6.07 Å². The maximum absolute atomic E-state index is 12.0. The van der Waals surface area contributed by atoms with Gasteiger partial charge in [0.25, 0.3) is 5.91 Å². The van der Waals surface area contributed by atoms with Gasteiger partial charge in [-0.2, -0.15) is 0 Å². The SMILES string of the molecule is CCOc1ccc(-c2nnc(NC(=O)c3cc(C)on3)o2)cc1OCC. The number of nitrogens with zero attached hydrogens (tertiary/aromatic N) is 3. The van der Waals surface area contributed by atoms with Gasteiger partial charge in [0.2, 0.25) is 5.89 Å². The van der Waals surface area contributed by atoms with E-state index in [-0.39, 0.29) is 17.6 Å². The zero-order valence-electron chi connectivity index (χ0n) is 14.6. The Morgan fingerprint density at radius 1 is 1.12 bits per heavy atom. The van der Waals surface area contributed by atoms with E-state index in [1.807, 2.05) is 13.8 Å². The fraction of sp³-hybridized carbons (Fsp3) is 0.294. The van der Waals surface area contributed by atoms with Crippen molar-refractivity contribution in [2.24, 2.45) is 0 Å². The van der Waals surface area contributed by atoms with Crippen LogP contribution in [0, 0.1) is 6.92 Å². The fourth-order valence-electron chi connectivity index (χ4n) is 2.21. The monoisotopic (exact) mass is 358 g/mol. The molecule has 2 heterocycles. The zero-order valence-corrected chi connectivity index (χ0v) is 14.6. The van der Waals surface area contributed by atoms with Crippen LogP contribution in [0.2, 0.25) is 0 Å². The van der Waals surface area contributed by atoms with Crippen LogP contribution in [0.5, 0.6) is 11.5 Å². The van der Waals surface area contributed by atoms with Gasteiger partial charge in [-0.15, -0.1) is 5.10 Å². The molecule has 0 fully saturated rings. The van der Waals surface area contributed by atoms with Crippen LogP contribution in [0.4, 0.5) is 6.01 Å². The summed E-state index contributed by atoms with van der Waals surface area (Å²) < 4.78 is 21.5. The molecule has 0 atom stereocenters. The van der Waals surface area contributed by atoms with E-state index in [0.717, 1.165) is 0 Å². The van der Waals surface area contributed by atoms with Gasteiger partial charge in [0.15, 0.2) is 17.2 Å². The second-order valence-electron chi connectivity index (χ2n) is 5.22. The first-order valence-electron chi connectivity index (χ1n) is 8.09. The van der Waals surface area contributed by atoms with E-state index in [4.69, 9.17) is 18.4 Å². The van der Waals surface area contributed by atoms with E-state index in [9.17, 15) is 4.79 Å². The normalized spacial score (nSPS) is 10.6. The van der Waals surface area contributed by atoms with Gasteiger partial charge in [-0.05, 0) is 39.0 Å². The Balaban J connectivity index is 1.78. The molecule has 0 saturated heterocycles. The van der Waals surface area contributed by atoms with Gasteiger partial charge in [-0.3, -0.25) is 10.1 Å². The number of amides is 1. The number of benzene rings is 1. The number of rotatable bonds is 7. The number of carbonyl (C=O) groups is 1. The highest BCUT2D eigenvalue weighted by Gasteiger charge is 2.17. The Hall–Kier alpha value is -3.36. The number of anilines is 1. The van der Waals surface area contributed by atoms with Crippen molar-refractivity contribution < 1.29 is 23.2 Å². The second kappa shape index (κ2) is 7.68. The summed E-state index contributed by atoms with van der Waals surface area (Å²) >= 11 is 0. The quantitative estimate of drug-likeness (QED) is 0.685. The Morgan fingerprint density at radius 3 is 2.58 bits per heavy atom. The van der Waals surface area contributed by atoms with Crippen molar-refractivity contribution in [3.8, 4) is 23.0 Å². The topological polar surface area (TPSA) is 113 Å². The van der Waals surface area contributed by atoms with Gasteiger partial charge in [0.05, 0.1) is 13.2 Å². The number of hydrogen-bond donors (Lipinski definition) is 1. The Bertz CT molecular complexity index is 902. The molecule has 0 spiro atoms. The summed E-state index contributed by atoms with van der Waals surface area (Å²) in [5.74, 6) is 1.47. The van der Waals surface area contributed by atoms with E-state index < -0.39 is 5.91 Å². The van der Waals surface area contributed by atoms with Crippen LogP contribution < -0.4 is 14.8 Å². The Kier molecular flexibility index (Phi) is 5.16. The third-order valence-electron chi connectivity index (χ3n) is 3.30. The predicted octanol–water partition coefficient (Wildman–Crippen LogP) is 3.08. The second-order valence-corrected chi connectivity index (χ2v) is 5.22. The lowest BCUT2D eigenvalue weighted by Crippen LogP contribution is -2.12. The van der Waals surface area contributed by atoms with Crippen molar-refractivity contribution in [3.63, 3.8) is 0 Å². The summed E-state index contributed by atoms with van der Waals surface area (Å²) in [6.07, 6.45) is 0. The molecule has 0 bridgehead atoms. The molecule has 0 aliphatic heterocycles. The average Bonchev–Trinajstić information content (AvgIpc) is 3.26. The zero-order chi connectivity index (χ0) is 18.5. The maximum Gasteiger partial charge on any atom is 0.322 e. The number of carbonyl (C=O) groups excluding carboxylic acids is 1. The van der Waals surface area contributed by atoms with Crippen LogP contribution in [0.25, 0.3) is 11.5 Å². The summed E-state index contributed by atoms with van der Waals surface area (Å²) in [5, 5.41) is 13.9. The average molecular weight is 358 g/mol. The highest BCUT2D eigenvalue weighted by Crippen LogP contribution is 2.32. The molecule has 1 aromatic carbocycles.